The molecule has 0 atom stereocenters. The van der Waals surface area contributed by atoms with Gasteiger partial charge in [0.15, 0.2) is 0 Å². The van der Waals surface area contributed by atoms with Gasteiger partial charge in [-0.05, 0) is 24.1 Å². The molecule has 0 saturated heterocycles. The van der Waals surface area contributed by atoms with Crippen LogP contribution in [0.25, 0.3) is 0 Å². The summed E-state index contributed by atoms with van der Waals surface area (Å²) >= 11 is 0. The minimum atomic E-state index is -0.949. The second-order valence-corrected chi connectivity index (χ2v) is 4.35. The van der Waals surface area contributed by atoms with Crippen molar-refractivity contribution in [1.82, 2.24) is 4.90 Å². The van der Waals surface area contributed by atoms with Gasteiger partial charge in [0.05, 0.1) is 5.56 Å². The molecule has 0 unspecified atom stereocenters. The normalized spacial score (nSPS) is 10.2. The van der Waals surface area contributed by atoms with Crippen LogP contribution in [-0.4, -0.2) is 42.6 Å². The molecule has 0 aliphatic rings. The molecule has 0 spiro atoms. The van der Waals surface area contributed by atoms with E-state index in [1.807, 2.05) is 0 Å². The van der Waals surface area contributed by atoms with Crippen LogP contribution in [0.1, 0.15) is 28.8 Å². The van der Waals surface area contributed by atoms with Crippen molar-refractivity contribution in [2.24, 2.45) is 0 Å². The number of carboxylic acid groups (broad SMARTS) is 1. The van der Waals surface area contributed by atoms with Gasteiger partial charge in [-0.1, -0.05) is 12.1 Å². The van der Waals surface area contributed by atoms with Gasteiger partial charge >= 0.3 is 5.97 Å². The first-order valence-corrected chi connectivity index (χ1v) is 6.09. The molecule has 0 aliphatic carbocycles. The standard InChI is InChI=1S/C14H19NO4/c1-15(13(16)4-3-9-19-2)10-11-5-7-12(8-6-11)14(17)18/h5-8H,3-4,9-10H2,1-2H3,(H,17,18). The van der Waals surface area contributed by atoms with E-state index >= 15 is 0 Å². The smallest absolute Gasteiger partial charge is 0.335 e. The lowest BCUT2D eigenvalue weighted by molar-refractivity contribution is -0.130. The van der Waals surface area contributed by atoms with Gasteiger partial charge in [-0.15, -0.1) is 0 Å². The molecule has 5 heteroatoms. The van der Waals surface area contributed by atoms with E-state index in [2.05, 4.69) is 0 Å². The predicted molar refractivity (Wildman–Crippen MR) is 71.0 cm³/mol. The number of nitrogens with zero attached hydrogens (tertiary/aromatic N) is 1. The Morgan fingerprint density at radius 2 is 1.89 bits per heavy atom. The average Bonchev–Trinajstić information content (AvgIpc) is 2.39. The van der Waals surface area contributed by atoms with Crippen molar-refractivity contribution in [3.63, 3.8) is 0 Å². The first-order valence-electron chi connectivity index (χ1n) is 6.09. The molecule has 19 heavy (non-hydrogen) atoms. The van der Waals surface area contributed by atoms with E-state index in [9.17, 15) is 9.59 Å². The molecule has 1 aromatic rings. The Labute approximate surface area is 112 Å². The van der Waals surface area contributed by atoms with Gasteiger partial charge in [0, 0.05) is 33.7 Å². The molecule has 0 aromatic heterocycles. The van der Waals surface area contributed by atoms with Crippen LogP contribution < -0.4 is 0 Å². The van der Waals surface area contributed by atoms with Crippen LogP contribution in [0.2, 0.25) is 0 Å². The third kappa shape index (κ3) is 5.09. The summed E-state index contributed by atoms with van der Waals surface area (Å²) in [5.41, 5.74) is 1.16. The molecule has 1 amide bonds. The molecular weight excluding hydrogens is 246 g/mol. The van der Waals surface area contributed by atoms with Crippen molar-refractivity contribution in [2.75, 3.05) is 20.8 Å². The molecule has 0 fully saturated rings. The Morgan fingerprint density at radius 1 is 1.26 bits per heavy atom. The minimum absolute atomic E-state index is 0.0550. The number of carboxylic acids is 1. The van der Waals surface area contributed by atoms with Crippen LogP contribution in [0.5, 0.6) is 0 Å². The molecular formula is C14H19NO4. The maximum Gasteiger partial charge on any atom is 0.335 e. The number of carbonyl (C=O) groups excluding carboxylic acids is 1. The Morgan fingerprint density at radius 3 is 2.42 bits per heavy atom. The number of amides is 1. The van der Waals surface area contributed by atoms with Crippen molar-refractivity contribution in [3.8, 4) is 0 Å². The Kier molecular flexibility index (Phi) is 6.02. The number of benzene rings is 1. The average molecular weight is 265 g/mol. The van der Waals surface area contributed by atoms with Crippen molar-refractivity contribution in [1.29, 1.82) is 0 Å². The van der Waals surface area contributed by atoms with E-state index in [-0.39, 0.29) is 11.5 Å². The molecule has 0 saturated carbocycles. The number of carbonyl (C=O) groups is 2. The molecule has 0 radical (unpaired) electrons. The van der Waals surface area contributed by atoms with Crippen molar-refractivity contribution in [2.45, 2.75) is 19.4 Å². The van der Waals surface area contributed by atoms with E-state index < -0.39 is 5.97 Å². The van der Waals surface area contributed by atoms with E-state index in [1.54, 1.807) is 43.3 Å². The summed E-state index contributed by atoms with van der Waals surface area (Å²) in [6.07, 6.45) is 1.16. The lowest BCUT2D eigenvalue weighted by Gasteiger charge is -2.17. The highest BCUT2D eigenvalue weighted by Gasteiger charge is 2.09. The van der Waals surface area contributed by atoms with Gasteiger partial charge < -0.3 is 14.7 Å². The monoisotopic (exact) mass is 265 g/mol. The van der Waals surface area contributed by atoms with Crippen LogP contribution in [0.4, 0.5) is 0 Å². The molecule has 0 heterocycles. The fraction of sp³-hybridized carbons (Fsp3) is 0.429. The highest BCUT2D eigenvalue weighted by molar-refractivity contribution is 5.87. The van der Waals surface area contributed by atoms with Gasteiger partial charge in [0.2, 0.25) is 5.91 Å². The summed E-state index contributed by atoms with van der Waals surface area (Å²) in [4.78, 5) is 24.1. The Hall–Kier alpha value is -1.88. The van der Waals surface area contributed by atoms with Crippen LogP contribution >= 0.6 is 0 Å². The van der Waals surface area contributed by atoms with Crippen molar-refractivity contribution < 1.29 is 19.4 Å². The van der Waals surface area contributed by atoms with E-state index in [0.29, 0.717) is 26.0 Å². The molecule has 5 nitrogen and oxygen atoms in total. The zero-order valence-corrected chi connectivity index (χ0v) is 11.3. The van der Waals surface area contributed by atoms with Gasteiger partial charge in [-0.25, -0.2) is 4.79 Å². The number of hydrogen-bond acceptors (Lipinski definition) is 3. The largest absolute Gasteiger partial charge is 0.478 e. The summed E-state index contributed by atoms with van der Waals surface area (Å²) in [5.74, 6) is -0.894. The molecule has 1 rings (SSSR count). The highest BCUT2D eigenvalue weighted by atomic mass is 16.5. The molecule has 1 aromatic carbocycles. The molecule has 0 bridgehead atoms. The SMILES string of the molecule is COCCCC(=O)N(C)Cc1ccc(C(=O)O)cc1. The number of aromatic carboxylic acids is 1. The second-order valence-electron chi connectivity index (χ2n) is 4.35. The van der Waals surface area contributed by atoms with E-state index in [1.165, 1.54) is 0 Å². The van der Waals surface area contributed by atoms with Gasteiger partial charge in [0.25, 0.3) is 0 Å². The summed E-state index contributed by atoms with van der Waals surface area (Å²) in [5, 5.41) is 8.79. The maximum absolute atomic E-state index is 11.8. The van der Waals surface area contributed by atoms with Crippen LogP contribution in [0, 0.1) is 0 Å². The van der Waals surface area contributed by atoms with E-state index in [4.69, 9.17) is 9.84 Å². The van der Waals surface area contributed by atoms with Crippen molar-refractivity contribution >= 4 is 11.9 Å². The van der Waals surface area contributed by atoms with Crippen LogP contribution in [0.3, 0.4) is 0 Å². The third-order valence-corrected chi connectivity index (χ3v) is 2.79. The van der Waals surface area contributed by atoms with Crippen molar-refractivity contribution in [3.05, 3.63) is 35.4 Å². The first-order chi connectivity index (χ1) is 9.04. The predicted octanol–water partition coefficient (Wildman–Crippen LogP) is 1.77. The zero-order valence-electron chi connectivity index (χ0n) is 11.3. The number of methoxy groups -OCH3 is 1. The summed E-state index contributed by atoms with van der Waals surface area (Å²) in [6.45, 7) is 1.05. The Balaban J connectivity index is 2.49. The summed E-state index contributed by atoms with van der Waals surface area (Å²) < 4.78 is 4.90. The number of ether oxygens (including phenoxy) is 1. The van der Waals surface area contributed by atoms with Gasteiger partial charge in [0.1, 0.15) is 0 Å². The highest BCUT2D eigenvalue weighted by Crippen LogP contribution is 2.08. The first kappa shape index (κ1) is 15.2. The van der Waals surface area contributed by atoms with Crippen LogP contribution in [-0.2, 0) is 16.1 Å². The maximum atomic E-state index is 11.8. The lowest BCUT2D eigenvalue weighted by Crippen LogP contribution is -2.26. The summed E-state index contributed by atoms with van der Waals surface area (Å²) in [6, 6.07) is 6.53. The quantitative estimate of drug-likeness (QED) is 0.763. The third-order valence-electron chi connectivity index (χ3n) is 2.79. The van der Waals surface area contributed by atoms with Crippen LogP contribution in [0.15, 0.2) is 24.3 Å². The topological polar surface area (TPSA) is 66.8 Å². The lowest BCUT2D eigenvalue weighted by atomic mass is 10.1. The van der Waals surface area contributed by atoms with Gasteiger partial charge in [-0.3, -0.25) is 4.79 Å². The van der Waals surface area contributed by atoms with Gasteiger partial charge in [-0.2, -0.15) is 0 Å². The minimum Gasteiger partial charge on any atom is -0.478 e. The fourth-order valence-electron chi connectivity index (χ4n) is 1.67. The molecule has 0 aliphatic heterocycles. The Bertz CT molecular complexity index is 428. The fourth-order valence-corrected chi connectivity index (χ4v) is 1.67. The molecule has 104 valence electrons. The number of rotatable bonds is 7. The number of hydrogen-bond donors (Lipinski definition) is 1. The zero-order chi connectivity index (χ0) is 14.3. The summed E-state index contributed by atoms with van der Waals surface area (Å²) in [7, 11) is 3.35. The molecule has 1 N–H and O–H groups in total. The second kappa shape index (κ2) is 7.53. The van der Waals surface area contributed by atoms with E-state index in [0.717, 1.165) is 5.56 Å².